The fourth-order valence-electron chi connectivity index (χ4n) is 3.95. The van der Waals surface area contributed by atoms with Crippen LogP contribution in [0.5, 0.6) is 0 Å². The summed E-state index contributed by atoms with van der Waals surface area (Å²) >= 11 is 0. The number of likely N-dealkylation sites (tertiary alicyclic amines) is 1. The van der Waals surface area contributed by atoms with Crippen molar-refractivity contribution in [2.24, 2.45) is 17.8 Å². The van der Waals surface area contributed by atoms with Crippen molar-refractivity contribution in [3.05, 3.63) is 35.9 Å². The molecule has 5 nitrogen and oxygen atoms in total. The van der Waals surface area contributed by atoms with Gasteiger partial charge in [-0.3, -0.25) is 9.59 Å². The van der Waals surface area contributed by atoms with Crippen LogP contribution in [0.4, 0.5) is 0 Å². The summed E-state index contributed by atoms with van der Waals surface area (Å²) in [6, 6.07) is 9.91. The van der Waals surface area contributed by atoms with Crippen LogP contribution < -0.4 is 0 Å². The quantitative estimate of drug-likeness (QED) is 0.925. The molecule has 1 amide bonds. The lowest BCUT2D eigenvalue weighted by Gasteiger charge is -2.39. The van der Waals surface area contributed by atoms with E-state index < -0.39 is 5.97 Å². The molecule has 0 saturated carbocycles. The smallest absolute Gasteiger partial charge is 0.306 e. The molecule has 5 heteroatoms. The number of benzene rings is 1. The predicted octanol–water partition coefficient (Wildman–Crippen LogP) is 2.72. The first kappa shape index (κ1) is 17.0. The molecule has 0 radical (unpaired) electrons. The molecule has 130 valence electrons. The lowest BCUT2D eigenvalue weighted by Crippen LogP contribution is -2.48. The molecule has 2 saturated heterocycles. The second-order valence-corrected chi connectivity index (χ2v) is 6.95. The average Bonchev–Trinajstić information content (AvgIpc) is 2.61. The standard InChI is InChI=1S/C19H25NO4/c1-13-12-20(10-9-15(13)19(22)23)18(21)16-8-5-11-24-17(16)14-6-3-2-4-7-14/h2-4,6-7,13,15-17H,5,8-12H2,1H3,(H,22,23). The lowest BCUT2D eigenvalue weighted by atomic mass is 9.84. The normalized spacial score (nSPS) is 30.8. The number of ether oxygens (including phenoxy) is 1. The van der Waals surface area contributed by atoms with Gasteiger partial charge in [0.25, 0.3) is 0 Å². The minimum absolute atomic E-state index is 0.0140. The summed E-state index contributed by atoms with van der Waals surface area (Å²) in [5.74, 6) is -1.17. The summed E-state index contributed by atoms with van der Waals surface area (Å²) in [5.41, 5.74) is 1.05. The molecule has 3 rings (SSSR count). The van der Waals surface area contributed by atoms with Crippen LogP contribution in [-0.2, 0) is 14.3 Å². The molecule has 1 N–H and O–H groups in total. The molecule has 1 aromatic rings. The van der Waals surface area contributed by atoms with Gasteiger partial charge in [-0.05, 0) is 30.7 Å². The van der Waals surface area contributed by atoms with Crippen molar-refractivity contribution in [2.75, 3.05) is 19.7 Å². The van der Waals surface area contributed by atoms with Gasteiger partial charge in [-0.2, -0.15) is 0 Å². The first-order chi connectivity index (χ1) is 11.6. The number of carboxylic acids is 1. The number of carboxylic acid groups (broad SMARTS) is 1. The predicted molar refractivity (Wildman–Crippen MR) is 89.3 cm³/mol. The maximum atomic E-state index is 13.1. The van der Waals surface area contributed by atoms with Crippen molar-refractivity contribution in [3.63, 3.8) is 0 Å². The summed E-state index contributed by atoms with van der Waals surface area (Å²) in [7, 11) is 0. The van der Waals surface area contributed by atoms with E-state index in [0.29, 0.717) is 26.1 Å². The Hall–Kier alpha value is -1.88. The Labute approximate surface area is 142 Å². The molecule has 4 atom stereocenters. The molecule has 4 unspecified atom stereocenters. The van der Waals surface area contributed by atoms with Crippen LogP contribution in [0.25, 0.3) is 0 Å². The summed E-state index contributed by atoms with van der Waals surface area (Å²) in [6.07, 6.45) is 2.05. The number of carbonyl (C=O) groups excluding carboxylic acids is 1. The van der Waals surface area contributed by atoms with E-state index in [0.717, 1.165) is 18.4 Å². The van der Waals surface area contributed by atoms with E-state index in [1.165, 1.54) is 0 Å². The Kier molecular flexibility index (Phi) is 5.19. The van der Waals surface area contributed by atoms with Crippen LogP contribution in [0.1, 0.15) is 37.9 Å². The van der Waals surface area contributed by atoms with E-state index >= 15 is 0 Å². The van der Waals surface area contributed by atoms with E-state index in [1.807, 2.05) is 42.2 Å². The highest BCUT2D eigenvalue weighted by Crippen LogP contribution is 2.36. The minimum atomic E-state index is -0.752. The van der Waals surface area contributed by atoms with E-state index in [2.05, 4.69) is 0 Å². The van der Waals surface area contributed by atoms with Gasteiger partial charge in [0.15, 0.2) is 0 Å². The third kappa shape index (κ3) is 3.46. The largest absolute Gasteiger partial charge is 0.481 e. The molecule has 2 aliphatic rings. The van der Waals surface area contributed by atoms with E-state index in [-0.39, 0.29) is 29.8 Å². The SMILES string of the molecule is CC1CN(C(=O)C2CCCOC2c2ccccc2)CCC1C(=O)O. The van der Waals surface area contributed by atoms with Crippen molar-refractivity contribution in [3.8, 4) is 0 Å². The Morgan fingerprint density at radius 2 is 1.92 bits per heavy atom. The highest BCUT2D eigenvalue weighted by Gasteiger charge is 2.39. The number of hydrogen-bond donors (Lipinski definition) is 1. The molecule has 0 spiro atoms. The third-order valence-corrected chi connectivity index (χ3v) is 5.30. The second kappa shape index (κ2) is 7.34. The van der Waals surface area contributed by atoms with Gasteiger partial charge >= 0.3 is 5.97 Å². The van der Waals surface area contributed by atoms with Gasteiger partial charge in [-0.1, -0.05) is 37.3 Å². The second-order valence-electron chi connectivity index (χ2n) is 6.95. The molecule has 2 aliphatic heterocycles. The van der Waals surface area contributed by atoms with Crippen LogP contribution in [0.15, 0.2) is 30.3 Å². The zero-order valence-corrected chi connectivity index (χ0v) is 14.1. The first-order valence-electron chi connectivity index (χ1n) is 8.76. The lowest BCUT2D eigenvalue weighted by molar-refractivity contribution is -0.153. The molecule has 1 aromatic carbocycles. The van der Waals surface area contributed by atoms with Crippen LogP contribution in [-0.4, -0.2) is 41.6 Å². The highest BCUT2D eigenvalue weighted by molar-refractivity contribution is 5.80. The molecule has 2 fully saturated rings. The maximum Gasteiger partial charge on any atom is 0.306 e. The highest BCUT2D eigenvalue weighted by atomic mass is 16.5. The van der Waals surface area contributed by atoms with Crippen molar-refractivity contribution in [2.45, 2.75) is 32.3 Å². The average molecular weight is 331 g/mol. The van der Waals surface area contributed by atoms with E-state index in [4.69, 9.17) is 4.74 Å². The van der Waals surface area contributed by atoms with Gasteiger partial charge < -0.3 is 14.7 Å². The summed E-state index contributed by atoms with van der Waals surface area (Å²) in [4.78, 5) is 26.2. The third-order valence-electron chi connectivity index (χ3n) is 5.30. The van der Waals surface area contributed by atoms with Crippen molar-refractivity contribution >= 4 is 11.9 Å². The molecule has 2 heterocycles. The van der Waals surface area contributed by atoms with Gasteiger partial charge in [0.05, 0.1) is 17.9 Å². The summed E-state index contributed by atoms with van der Waals surface area (Å²) < 4.78 is 5.93. The number of piperidine rings is 1. The zero-order chi connectivity index (χ0) is 17.1. The van der Waals surface area contributed by atoms with Crippen molar-refractivity contribution in [1.29, 1.82) is 0 Å². The van der Waals surface area contributed by atoms with Gasteiger partial charge in [-0.15, -0.1) is 0 Å². The Bertz CT molecular complexity index is 588. The van der Waals surface area contributed by atoms with E-state index in [1.54, 1.807) is 0 Å². The van der Waals surface area contributed by atoms with Gasteiger partial charge in [0, 0.05) is 19.7 Å². The fourth-order valence-corrected chi connectivity index (χ4v) is 3.95. The van der Waals surface area contributed by atoms with Crippen LogP contribution in [0.3, 0.4) is 0 Å². The van der Waals surface area contributed by atoms with Gasteiger partial charge in [-0.25, -0.2) is 0 Å². The molecule has 0 aliphatic carbocycles. The fraction of sp³-hybridized carbons (Fsp3) is 0.579. The van der Waals surface area contributed by atoms with E-state index in [9.17, 15) is 14.7 Å². The Morgan fingerprint density at radius 1 is 1.17 bits per heavy atom. The van der Waals surface area contributed by atoms with Gasteiger partial charge in [0.1, 0.15) is 0 Å². The summed E-state index contributed by atoms with van der Waals surface area (Å²) in [6.45, 7) is 3.65. The summed E-state index contributed by atoms with van der Waals surface area (Å²) in [5, 5.41) is 9.25. The monoisotopic (exact) mass is 331 g/mol. The number of hydrogen-bond acceptors (Lipinski definition) is 3. The molecule has 24 heavy (non-hydrogen) atoms. The number of rotatable bonds is 3. The number of nitrogens with zero attached hydrogens (tertiary/aromatic N) is 1. The van der Waals surface area contributed by atoms with Crippen molar-refractivity contribution in [1.82, 2.24) is 4.90 Å². The molecular formula is C19H25NO4. The maximum absolute atomic E-state index is 13.1. The number of carbonyl (C=O) groups is 2. The minimum Gasteiger partial charge on any atom is -0.481 e. The van der Waals surface area contributed by atoms with Crippen molar-refractivity contribution < 1.29 is 19.4 Å². The molecule has 0 bridgehead atoms. The van der Waals surface area contributed by atoms with Crippen LogP contribution >= 0.6 is 0 Å². The number of aliphatic carboxylic acids is 1. The zero-order valence-electron chi connectivity index (χ0n) is 14.1. The Morgan fingerprint density at radius 3 is 2.58 bits per heavy atom. The number of amides is 1. The topological polar surface area (TPSA) is 66.8 Å². The van der Waals surface area contributed by atoms with Crippen LogP contribution in [0, 0.1) is 17.8 Å². The molecular weight excluding hydrogens is 306 g/mol. The first-order valence-corrected chi connectivity index (χ1v) is 8.76. The molecule has 0 aromatic heterocycles. The Balaban J connectivity index is 1.72. The van der Waals surface area contributed by atoms with Gasteiger partial charge in [0.2, 0.25) is 5.91 Å². The van der Waals surface area contributed by atoms with Crippen LogP contribution in [0.2, 0.25) is 0 Å².